The normalized spacial score (nSPS) is 17.9. The molecule has 0 radical (unpaired) electrons. The summed E-state index contributed by atoms with van der Waals surface area (Å²) >= 11 is 5.15. The number of halogens is 1. The first kappa shape index (κ1) is 23.6. The highest BCUT2D eigenvalue weighted by Gasteiger charge is 2.44. The van der Waals surface area contributed by atoms with E-state index in [-0.39, 0.29) is 5.91 Å². The fourth-order valence-electron chi connectivity index (χ4n) is 4.00. The van der Waals surface area contributed by atoms with E-state index in [2.05, 4.69) is 15.9 Å². The number of carbonyl (C=O) groups excluding carboxylic acids is 1. The third-order valence-electron chi connectivity index (χ3n) is 5.82. The Morgan fingerprint density at radius 2 is 1.68 bits per heavy atom. The molecule has 0 spiro atoms. The molecule has 1 heterocycles. The number of methoxy groups -OCH3 is 4. The molecule has 0 saturated carbocycles. The highest BCUT2D eigenvalue weighted by molar-refractivity contribution is 9.10. The first-order valence-corrected chi connectivity index (χ1v) is 11.9. The summed E-state index contributed by atoms with van der Waals surface area (Å²) in [6.07, 6.45) is 2.63. The second kappa shape index (κ2) is 9.61. The van der Waals surface area contributed by atoms with Crippen LogP contribution in [-0.4, -0.2) is 52.0 Å². The van der Waals surface area contributed by atoms with E-state index < -0.39 is 4.75 Å². The number of nitrogens with zero attached hydrogens (tertiary/aromatic N) is 1. The van der Waals surface area contributed by atoms with Gasteiger partial charge in [-0.1, -0.05) is 22.0 Å². The van der Waals surface area contributed by atoms with Gasteiger partial charge < -0.3 is 23.8 Å². The molecule has 1 aliphatic heterocycles. The van der Waals surface area contributed by atoms with Gasteiger partial charge in [-0.05, 0) is 48.9 Å². The molecule has 168 valence electrons. The van der Waals surface area contributed by atoms with Crippen molar-refractivity contribution in [3.63, 3.8) is 0 Å². The van der Waals surface area contributed by atoms with Crippen LogP contribution in [0.2, 0.25) is 0 Å². The van der Waals surface area contributed by atoms with Crippen molar-refractivity contribution in [1.82, 2.24) is 4.90 Å². The average molecular weight is 510 g/mol. The number of carbonyl (C=O) groups is 1. The smallest absolute Gasteiger partial charge is 0.243 e. The first-order chi connectivity index (χ1) is 14.8. The van der Waals surface area contributed by atoms with Gasteiger partial charge in [0.2, 0.25) is 5.91 Å². The molecule has 1 atom stereocenters. The lowest BCUT2D eigenvalue weighted by atomic mass is 9.88. The standard InChI is InChI=1S/C23H28BrNO5S/c1-23(31-6)16-7-8-18(27-2)21(30-5)15(16)13-25(22(23)26)10-9-14-11-19(28-3)20(29-4)12-17(14)24/h7-8,11-12H,9-10,13H2,1-6H3. The molecule has 1 amide bonds. The summed E-state index contributed by atoms with van der Waals surface area (Å²) in [5, 5.41) is 0. The van der Waals surface area contributed by atoms with Gasteiger partial charge >= 0.3 is 0 Å². The lowest BCUT2D eigenvalue weighted by molar-refractivity contribution is -0.135. The van der Waals surface area contributed by atoms with Gasteiger partial charge in [-0.25, -0.2) is 0 Å². The second-order valence-corrected chi connectivity index (χ2v) is 9.42. The Morgan fingerprint density at radius 1 is 1.03 bits per heavy atom. The summed E-state index contributed by atoms with van der Waals surface area (Å²) < 4.78 is 22.2. The SMILES string of the molecule is COc1cc(Br)c(CCN2Cc3c(ccc(OC)c3OC)C(C)(SC)C2=O)cc1OC. The number of rotatable bonds is 8. The van der Waals surface area contributed by atoms with Gasteiger partial charge in [-0.3, -0.25) is 4.79 Å². The molecule has 0 bridgehead atoms. The fourth-order valence-corrected chi connectivity index (χ4v) is 5.23. The van der Waals surface area contributed by atoms with E-state index in [0.717, 1.165) is 21.2 Å². The van der Waals surface area contributed by atoms with Gasteiger partial charge in [0, 0.05) is 23.1 Å². The molecular formula is C23H28BrNO5S. The zero-order chi connectivity index (χ0) is 22.8. The summed E-state index contributed by atoms with van der Waals surface area (Å²) in [5.74, 6) is 2.77. The molecule has 31 heavy (non-hydrogen) atoms. The minimum atomic E-state index is -0.692. The van der Waals surface area contributed by atoms with Crippen LogP contribution in [0.1, 0.15) is 23.6 Å². The number of amides is 1. The van der Waals surface area contributed by atoms with Gasteiger partial charge in [0.1, 0.15) is 4.75 Å². The fraction of sp³-hybridized carbons (Fsp3) is 0.435. The first-order valence-electron chi connectivity index (χ1n) is 9.83. The molecule has 1 unspecified atom stereocenters. The lowest BCUT2D eigenvalue weighted by Gasteiger charge is -2.41. The Hall–Kier alpha value is -2.06. The van der Waals surface area contributed by atoms with Crippen molar-refractivity contribution in [2.75, 3.05) is 41.2 Å². The molecule has 0 fully saturated rings. The molecule has 2 aromatic carbocycles. The third kappa shape index (κ3) is 4.20. The van der Waals surface area contributed by atoms with Crippen molar-refractivity contribution in [3.8, 4) is 23.0 Å². The lowest BCUT2D eigenvalue weighted by Crippen LogP contribution is -2.48. The van der Waals surface area contributed by atoms with Crippen LogP contribution in [-0.2, 0) is 22.5 Å². The Morgan fingerprint density at radius 3 is 2.26 bits per heavy atom. The molecule has 8 heteroatoms. The van der Waals surface area contributed by atoms with E-state index in [9.17, 15) is 4.79 Å². The van der Waals surface area contributed by atoms with Crippen LogP contribution in [0.25, 0.3) is 0 Å². The monoisotopic (exact) mass is 509 g/mol. The predicted octanol–water partition coefficient (Wildman–Crippen LogP) is 4.65. The minimum Gasteiger partial charge on any atom is -0.493 e. The second-order valence-electron chi connectivity index (χ2n) is 7.34. The van der Waals surface area contributed by atoms with Gasteiger partial charge in [-0.2, -0.15) is 0 Å². The third-order valence-corrected chi connectivity index (χ3v) is 7.77. The summed E-state index contributed by atoms with van der Waals surface area (Å²) in [4.78, 5) is 15.4. The van der Waals surface area contributed by atoms with Crippen molar-refractivity contribution in [3.05, 3.63) is 45.4 Å². The Kier molecular flexibility index (Phi) is 7.31. The molecule has 1 aliphatic rings. The van der Waals surface area contributed by atoms with Crippen LogP contribution < -0.4 is 18.9 Å². The topological polar surface area (TPSA) is 57.2 Å². The summed E-state index contributed by atoms with van der Waals surface area (Å²) in [5.41, 5.74) is 3.01. The van der Waals surface area contributed by atoms with E-state index in [1.807, 2.05) is 42.3 Å². The Balaban J connectivity index is 1.95. The zero-order valence-corrected chi connectivity index (χ0v) is 21.1. The van der Waals surface area contributed by atoms with Crippen molar-refractivity contribution in [1.29, 1.82) is 0 Å². The van der Waals surface area contributed by atoms with Crippen LogP contribution in [0.3, 0.4) is 0 Å². The minimum absolute atomic E-state index is 0.0938. The van der Waals surface area contributed by atoms with E-state index in [0.29, 0.717) is 42.5 Å². The average Bonchev–Trinajstić information content (AvgIpc) is 2.79. The largest absolute Gasteiger partial charge is 0.493 e. The predicted molar refractivity (Wildman–Crippen MR) is 127 cm³/mol. The number of hydrogen-bond acceptors (Lipinski definition) is 6. The molecule has 2 aromatic rings. The maximum Gasteiger partial charge on any atom is 0.243 e. The molecule has 0 N–H and O–H groups in total. The molecule has 6 nitrogen and oxygen atoms in total. The van der Waals surface area contributed by atoms with Crippen LogP contribution in [0.5, 0.6) is 23.0 Å². The Bertz CT molecular complexity index is 983. The molecule has 3 rings (SSSR count). The molecular weight excluding hydrogens is 482 g/mol. The van der Waals surface area contributed by atoms with Gasteiger partial charge in [0.25, 0.3) is 0 Å². The van der Waals surface area contributed by atoms with Crippen LogP contribution >= 0.6 is 27.7 Å². The summed E-state index contributed by atoms with van der Waals surface area (Å²) in [6, 6.07) is 7.69. The highest BCUT2D eigenvalue weighted by Crippen LogP contribution is 2.47. The number of hydrogen-bond donors (Lipinski definition) is 0. The van der Waals surface area contributed by atoms with Gasteiger partial charge in [0.15, 0.2) is 23.0 Å². The summed E-state index contributed by atoms with van der Waals surface area (Å²) in [7, 11) is 6.48. The Labute approximate surface area is 196 Å². The van der Waals surface area contributed by atoms with Gasteiger partial charge in [-0.15, -0.1) is 11.8 Å². The van der Waals surface area contributed by atoms with Crippen LogP contribution in [0, 0.1) is 0 Å². The number of thioether (sulfide) groups is 1. The highest BCUT2D eigenvalue weighted by atomic mass is 79.9. The molecule has 0 aliphatic carbocycles. The molecule has 0 saturated heterocycles. The van der Waals surface area contributed by atoms with E-state index in [1.165, 1.54) is 11.8 Å². The van der Waals surface area contributed by atoms with E-state index >= 15 is 0 Å². The summed E-state index contributed by atoms with van der Waals surface area (Å²) in [6.45, 7) is 3.00. The van der Waals surface area contributed by atoms with Crippen LogP contribution in [0.15, 0.2) is 28.7 Å². The quantitative estimate of drug-likeness (QED) is 0.516. The van der Waals surface area contributed by atoms with Crippen molar-refractivity contribution < 1.29 is 23.7 Å². The maximum absolute atomic E-state index is 13.5. The van der Waals surface area contributed by atoms with Crippen molar-refractivity contribution in [2.24, 2.45) is 0 Å². The van der Waals surface area contributed by atoms with Crippen molar-refractivity contribution in [2.45, 2.75) is 24.6 Å². The molecule has 0 aromatic heterocycles. The van der Waals surface area contributed by atoms with Gasteiger partial charge in [0.05, 0.1) is 28.4 Å². The van der Waals surface area contributed by atoms with Crippen LogP contribution in [0.4, 0.5) is 0 Å². The number of ether oxygens (including phenoxy) is 4. The van der Waals surface area contributed by atoms with Crippen molar-refractivity contribution >= 4 is 33.6 Å². The van der Waals surface area contributed by atoms with E-state index in [4.69, 9.17) is 18.9 Å². The number of fused-ring (bicyclic) bond motifs is 1. The van der Waals surface area contributed by atoms with E-state index in [1.54, 1.807) is 28.4 Å². The zero-order valence-electron chi connectivity index (χ0n) is 18.7. The number of benzene rings is 2. The maximum atomic E-state index is 13.5.